The van der Waals surface area contributed by atoms with Crippen LogP contribution in [-0.4, -0.2) is 13.1 Å². The summed E-state index contributed by atoms with van der Waals surface area (Å²) in [7, 11) is 1.60. The minimum atomic E-state index is -0.626. The van der Waals surface area contributed by atoms with Gasteiger partial charge in [-0.05, 0) is 54.4 Å². The van der Waals surface area contributed by atoms with Crippen LogP contribution in [0.3, 0.4) is 0 Å². The molecule has 8 heteroatoms. The number of halogens is 1. The molecule has 0 aliphatic rings. The average Bonchev–Trinajstić information content (AvgIpc) is 2.77. The Morgan fingerprint density at radius 1 is 1.13 bits per heavy atom. The predicted molar refractivity (Wildman–Crippen MR) is 118 cm³/mol. The summed E-state index contributed by atoms with van der Waals surface area (Å²) in [5.74, 6) is 12.4. The molecule has 0 saturated heterocycles. The summed E-state index contributed by atoms with van der Waals surface area (Å²) >= 11 is 6.06. The molecule has 3 aromatic rings. The second kappa shape index (κ2) is 9.49. The highest BCUT2D eigenvalue weighted by molar-refractivity contribution is 6.30. The number of urea groups is 1. The number of amides is 2. The van der Waals surface area contributed by atoms with Gasteiger partial charge < -0.3 is 9.47 Å². The molecule has 7 nitrogen and oxygen atoms in total. The molecule has 156 valence electrons. The van der Waals surface area contributed by atoms with E-state index in [1.165, 1.54) is 0 Å². The highest BCUT2D eigenvalue weighted by atomic mass is 35.5. The van der Waals surface area contributed by atoms with E-state index >= 15 is 0 Å². The van der Waals surface area contributed by atoms with Crippen LogP contribution in [0.15, 0.2) is 60.7 Å². The molecule has 0 aliphatic carbocycles. The zero-order chi connectivity index (χ0) is 21.7. The third-order valence-corrected chi connectivity index (χ3v) is 4.91. The smallest absolute Gasteiger partial charge is 0.350 e. The molecule has 3 aromatic carbocycles. The van der Waals surface area contributed by atoms with Crippen molar-refractivity contribution in [2.24, 2.45) is 11.7 Å². The van der Waals surface area contributed by atoms with Gasteiger partial charge in [-0.15, -0.1) is 0 Å². The summed E-state index contributed by atoms with van der Waals surface area (Å²) < 4.78 is 11.5. The molecular formula is C22H23ClN4O3. The van der Waals surface area contributed by atoms with E-state index in [1.54, 1.807) is 19.2 Å². The largest absolute Gasteiger partial charge is 0.496 e. The fourth-order valence-electron chi connectivity index (χ4n) is 3.09. The Kier molecular flexibility index (Phi) is 6.79. The fourth-order valence-corrected chi connectivity index (χ4v) is 3.25. The second-order valence-electron chi connectivity index (χ2n) is 6.55. The first kappa shape index (κ1) is 21.4. The van der Waals surface area contributed by atoms with Crippen LogP contribution in [0.4, 0.5) is 10.5 Å². The molecule has 2 amide bonds. The van der Waals surface area contributed by atoms with E-state index in [9.17, 15) is 4.79 Å². The molecule has 0 aliphatic heterocycles. The topological polar surface area (TPSA) is 103 Å². The Morgan fingerprint density at radius 2 is 1.90 bits per heavy atom. The SMILES string of the molecule is COc1cc(Cl)ccc1-c1cccc(OCc2c(C)cccc2N(N)C(=O)NN)c1. The number of methoxy groups -OCH3 is 1. The zero-order valence-electron chi connectivity index (χ0n) is 16.7. The summed E-state index contributed by atoms with van der Waals surface area (Å²) in [5, 5.41) is 1.56. The molecule has 5 N–H and O–H groups in total. The van der Waals surface area contributed by atoms with Crippen LogP contribution in [0.1, 0.15) is 11.1 Å². The van der Waals surface area contributed by atoms with Crippen LogP contribution in [0.25, 0.3) is 11.1 Å². The van der Waals surface area contributed by atoms with Crippen molar-refractivity contribution in [3.05, 3.63) is 76.8 Å². The molecule has 0 saturated carbocycles. The number of hydrogen-bond donors (Lipinski definition) is 3. The number of ether oxygens (including phenoxy) is 2. The van der Waals surface area contributed by atoms with Crippen molar-refractivity contribution < 1.29 is 14.3 Å². The third kappa shape index (κ3) is 4.65. The number of nitrogens with two attached hydrogens (primary N) is 2. The van der Waals surface area contributed by atoms with E-state index in [-0.39, 0.29) is 6.61 Å². The van der Waals surface area contributed by atoms with E-state index in [1.807, 2.05) is 60.9 Å². The maximum Gasteiger partial charge on any atom is 0.350 e. The summed E-state index contributed by atoms with van der Waals surface area (Å²) in [4.78, 5) is 11.8. The number of aryl methyl sites for hydroxylation is 1. The standard InChI is InChI=1S/C22H23ClN4O3/c1-14-5-3-8-20(27(25)22(28)26-24)19(14)13-30-17-7-4-6-15(11-17)18-10-9-16(23)12-21(18)29-2/h3-12H,13,24-25H2,1-2H3,(H,26,28). The first-order valence-electron chi connectivity index (χ1n) is 9.15. The molecule has 0 fully saturated rings. The molecule has 0 heterocycles. The van der Waals surface area contributed by atoms with Gasteiger partial charge in [0.1, 0.15) is 18.1 Å². The normalized spacial score (nSPS) is 10.4. The number of benzene rings is 3. The number of nitrogens with zero attached hydrogens (tertiary/aromatic N) is 1. The van der Waals surface area contributed by atoms with E-state index < -0.39 is 6.03 Å². The minimum Gasteiger partial charge on any atom is -0.496 e. The highest BCUT2D eigenvalue weighted by Gasteiger charge is 2.16. The number of carbonyl (C=O) groups excluding carboxylic acids is 1. The maximum atomic E-state index is 11.8. The van der Waals surface area contributed by atoms with E-state index in [0.29, 0.717) is 22.2 Å². The number of carbonyl (C=O) groups is 1. The number of anilines is 1. The molecule has 3 rings (SSSR count). The van der Waals surface area contributed by atoms with Crippen molar-refractivity contribution in [1.29, 1.82) is 0 Å². The van der Waals surface area contributed by atoms with Crippen LogP contribution in [0.2, 0.25) is 5.02 Å². The number of rotatable bonds is 6. The van der Waals surface area contributed by atoms with Gasteiger partial charge in [0.2, 0.25) is 0 Å². The van der Waals surface area contributed by atoms with E-state index in [0.717, 1.165) is 27.3 Å². The molecule has 0 spiro atoms. The van der Waals surface area contributed by atoms with Gasteiger partial charge in [0.25, 0.3) is 0 Å². The number of hydrogen-bond acceptors (Lipinski definition) is 5. The van der Waals surface area contributed by atoms with E-state index in [2.05, 4.69) is 0 Å². The molecule has 0 unspecified atom stereocenters. The van der Waals surface area contributed by atoms with E-state index in [4.69, 9.17) is 32.8 Å². The lowest BCUT2D eigenvalue weighted by Gasteiger charge is -2.21. The second-order valence-corrected chi connectivity index (χ2v) is 6.99. The Labute approximate surface area is 180 Å². The van der Waals surface area contributed by atoms with Crippen molar-refractivity contribution >= 4 is 23.3 Å². The van der Waals surface area contributed by atoms with Crippen molar-refractivity contribution in [2.75, 3.05) is 12.1 Å². The maximum absolute atomic E-state index is 11.8. The lowest BCUT2D eigenvalue weighted by molar-refractivity contribution is 0.246. The van der Waals surface area contributed by atoms with Crippen LogP contribution < -0.4 is 31.6 Å². The summed E-state index contributed by atoms with van der Waals surface area (Å²) in [6, 6.07) is 17.9. The van der Waals surface area contributed by atoms with Crippen molar-refractivity contribution in [3.8, 4) is 22.6 Å². The Morgan fingerprint density at radius 3 is 2.63 bits per heavy atom. The van der Waals surface area contributed by atoms with Gasteiger partial charge in [0.15, 0.2) is 0 Å². The monoisotopic (exact) mass is 426 g/mol. The van der Waals surface area contributed by atoms with Crippen LogP contribution >= 0.6 is 11.6 Å². The molecule has 30 heavy (non-hydrogen) atoms. The third-order valence-electron chi connectivity index (χ3n) is 4.68. The van der Waals surface area contributed by atoms with Gasteiger partial charge >= 0.3 is 6.03 Å². The summed E-state index contributed by atoms with van der Waals surface area (Å²) in [6.07, 6.45) is 0. The van der Waals surface area contributed by atoms with Gasteiger partial charge in [0.05, 0.1) is 12.8 Å². The Hall–Kier alpha value is -3.26. The van der Waals surface area contributed by atoms with Crippen molar-refractivity contribution in [3.63, 3.8) is 0 Å². The quantitative estimate of drug-likeness (QED) is 0.312. The molecular weight excluding hydrogens is 404 g/mol. The van der Waals surface area contributed by atoms with Gasteiger partial charge in [0, 0.05) is 16.1 Å². The number of hydrazine groups is 2. The highest BCUT2D eigenvalue weighted by Crippen LogP contribution is 2.34. The van der Waals surface area contributed by atoms with Gasteiger partial charge in [-0.25, -0.2) is 21.5 Å². The average molecular weight is 427 g/mol. The summed E-state index contributed by atoms with van der Waals surface area (Å²) in [5.41, 5.74) is 6.07. The first-order chi connectivity index (χ1) is 14.4. The lowest BCUT2D eigenvalue weighted by Crippen LogP contribution is -2.48. The van der Waals surface area contributed by atoms with Crippen LogP contribution in [0.5, 0.6) is 11.5 Å². The van der Waals surface area contributed by atoms with Gasteiger partial charge in [-0.1, -0.05) is 35.9 Å². The molecule has 0 aromatic heterocycles. The van der Waals surface area contributed by atoms with Crippen LogP contribution in [-0.2, 0) is 6.61 Å². The van der Waals surface area contributed by atoms with Crippen molar-refractivity contribution in [2.45, 2.75) is 13.5 Å². The van der Waals surface area contributed by atoms with Gasteiger partial charge in [-0.2, -0.15) is 0 Å². The van der Waals surface area contributed by atoms with Crippen molar-refractivity contribution in [1.82, 2.24) is 5.43 Å². The first-order valence-corrected chi connectivity index (χ1v) is 9.53. The molecule has 0 atom stereocenters. The fraction of sp³-hybridized carbons (Fsp3) is 0.136. The zero-order valence-corrected chi connectivity index (χ0v) is 17.4. The molecule has 0 radical (unpaired) electrons. The minimum absolute atomic E-state index is 0.217. The molecule has 0 bridgehead atoms. The Balaban J connectivity index is 1.86. The van der Waals surface area contributed by atoms with Crippen LogP contribution in [0, 0.1) is 6.92 Å². The van der Waals surface area contributed by atoms with Gasteiger partial charge in [-0.3, -0.25) is 5.43 Å². The number of nitrogens with one attached hydrogen (secondary N) is 1. The summed E-state index contributed by atoms with van der Waals surface area (Å²) in [6.45, 7) is 2.14. The predicted octanol–water partition coefficient (Wildman–Crippen LogP) is 4.17. The Bertz CT molecular complexity index is 1060. The lowest BCUT2D eigenvalue weighted by atomic mass is 10.0.